The number of nitrogens with two attached hydrogens (primary N) is 1. The Labute approximate surface area is 167 Å². The number of nitrogens with zero attached hydrogens (tertiary/aromatic N) is 3. The van der Waals surface area contributed by atoms with E-state index in [1.807, 2.05) is 72.3 Å². The van der Waals surface area contributed by atoms with Crippen molar-refractivity contribution in [1.29, 1.82) is 0 Å². The number of rotatable bonds is 6. The molecule has 0 aliphatic heterocycles. The molecule has 4 rings (SSSR count). The molecule has 2 aromatic carbocycles. The third-order valence-corrected chi connectivity index (χ3v) is 4.73. The Morgan fingerprint density at radius 3 is 2.48 bits per heavy atom. The molecule has 0 aliphatic carbocycles. The van der Waals surface area contributed by atoms with Crippen LogP contribution in [0.5, 0.6) is 11.5 Å². The van der Waals surface area contributed by atoms with E-state index in [0.717, 1.165) is 16.9 Å². The first-order valence-electron chi connectivity index (χ1n) is 9.19. The molecule has 2 aromatic heterocycles. The summed E-state index contributed by atoms with van der Waals surface area (Å²) in [6.45, 7) is 1.84. The predicted molar refractivity (Wildman–Crippen MR) is 111 cm³/mol. The van der Waals surface area contributed by atoms with Crippen molar-refractivity contribution in [3.8, 4) is 22.6 Å². The van der Waals surface area contributed by atoms with E-state index in [1.54, 1.807) is 0 Å². The Bertz CT molecular complexity index is 1150. The van der Waals surface area contributed by atoms with E-state index in [2.05, 4.69) is 9.97 Å². The van der Waals surface area contributed by atoms with E-state index in [9.17, 15) is 4.79 Å². The molecule has 1 atom stereocenters. The number of para-hydroxylation sites is 1. The molecule has 0 amide bonds. The number of benzene rings is 2. The second-order valence-electron chi connectivity index (χ2n) is 6.79. The highest BCUT2D eigenvalue weighted by molar-refractivity contribution is 6.00. The van der Waals surface area contributed by atoms with Gasteiger partial charge < -0.3 is 20.1 Å². The van der Waals surface area contributed by atoms with Crippen LogP contribution in [0.4, 0.5) is 5.82 Å². The van der Waals surface area contributed by atoms with Crippen LogP contribution in [-0.4, -0.2) is 25.6 Å². The summed E-state index contributed by atoms with van der Waals surface area (Å²) in [5.41, 5.74) is 8.52. The van der Waals surface area contributed by atoms with Crippen LogP contribution in [-0.2, 0) is 4.79 Å². The van der Waals surface area contributed by atoms with Crippen molar-refractivity contribution in [1.82, 2.24) is 14.5 Å². The Morgan fingerprint density at radius 2 is 1.79 bits per heavy atom. The summed E-state index contributed by atoms with van der Waals surface area (Å²) in [5, 5.41) is 9.87. The van der Waals surface area contributed by atoms with Gasteiger partial charge in [-0.1, -0.05) is 30.3 Å². The smallest absolute Gasteiger partial charge is 0.305 e. The van der Waals surface area contributed by atoms with Gasteiger partial charge in [0.05, 0.1) is 11.8 Å². The molecular weight excluding hydrogens is 368 g/mol. The van der Waals surface area contributed by atoms with Gasteiger partial charge in [0.25, 0.3) is 0 Å². The molecule has 0 saturated carbocycles. The third-order valence-electron chi connectivity index (χ3n) is 4.73. The summed E-state index contributed by atoms with van der Waals surface area (Å²) in [4.78, 5) is 19.6. The van der Waals surface area contributed by atoms with Crippen molar-refractivity contribution in [2.24, 2.45) is 0 Å². The highest BCUT2D eigenvalue weighted by Crippen LogP contribution is 2.35. The number of ether oxygens (including phenoxy) is 1. The number of aromatic nitrogens is 3. The van der Waals surface area contributed by atoms with E-state index in [-0.39, 0.29) is 12.5 Å². The fourth-order valence-corrected chi connectivity index (χ4v) is 3.34. The lowest BCUT2D eigenvalue weighted by Crippen LogP contribution is -2.10. The van der Waals surface area contributed by atoms with Crippen LogP contribution in [0, 0.1) is 0 Å². The number of carboxylic acid groups (broad SMARTS) is 1. The van der Waals surface area contributed by atoms with Crippen molar-refractivity contribution in [2.45, 2.75) is 19.4 Å². The van der Waals surface area contributed by atoms with E-state index in [0.29, 0.717) is 22.6 Å². The number of carboxylic acids is 1. The number of carbonyl (C=O) groups is 1. The summed E-state index contributed by atoms with van der Waals surface area (Å²) in [7, 11) is 0. The molecule has 0 bridgehead atoms. The van der Waals surface area contributed by atoms with Gasteiger partial charge in [-0.05, 0) is 36.8 Å². The van der Waals surface area contributed by atoms with Gasteiger partial charge in [0, 0.05) is 17.8 Å². The van der Waals surface area contributed by atoms with Gasteiger partial charge in [0.2, 0.25) is 0 Å². The summed E-state index contributed by atoms with van der Waals surface area (Å²) >= 11 is 0. The van der Waals surface area contributed by atoms with E-state index in [4.69, 9.17) is 15.6 Å². The zero-order chi connectivity index (χ0) is 20.4. The minimum Gasteiger partial charge on any atom is -0.481 e. The minimum atomic E-state index is -0.870. The molecule has 0 fully saturated rings. The van der Waals surface area contributed by atoms with E-state index >= 15 is 0 Å². The standard InChI is InChI=1S/C22H20N4O3/c1-14(11-19(27)28)26-12-18(20-21(23)24-13-25-22(20)26)15-7-9-17(10-8-15)29-16-5-3-2-4-6-16/h2-10,12-14H,11H2,1H3,(H,27,28)(H2,23,24,25). The largest absolute Gasteiger partial charge is 0.481 e. The molecule has 0 aliphatic rings. The number of hydrogen-bond donors (Lipinski definition) is 2. The van der Waals surface area contributed by atoms with Gasteiger partial charge >= 0.3 is 5.97 Å². The average molecular weight is 388 g/mol. The lowest BCUT2D eigenvalue weighted by Gasteiger charge is -2.11. The van der Waals surface area contributed by atoms with Crippen molar-refractivity contribution in [2.75, 3.05) is 5.73 Å². The molecular formula is C22H20N4O3. The molecule has 0 radical (unpaired) electrons. The van der Waals surface area contributed by atoms with Gasteiger partial charge in [-0.3, -0.25) is 4.79 Å². The summed E-state index contributed by atoms with van der Waals surface area (Å²) in [5.74, 6) is 0.963. The van der Waals surface area contributed by atoms with Crippen LogP contribution < -0.4 is 10.5 Å². The molecule has 0 spiro atoms. The maximum Gasteiger partial charge on any atom is 0.305 e. The first-order chi connectivity index (χ1) is 14.0. The third kappa shape index (κ3) is 3.75. The highest BCUT2D eigenvalue weighted by atomic mass is 16.5. The summed E-state index contributed by atoms with van der Waals surface area (Å²) in [6.07, 6.45) is 3.26. The molecule has 29 heavy (non-hydrogen) atoms. The zero-order valence-electron chi connectivity index (χ0n) is 15.8. The first-order valence-corrected chi connectivity index (χ1v) is 9.19. The fourth-order valence-electron chi connectivity index (χ4n) is 3.34. The number of anilines is 1. The van der Waals surface area contributed by atoms with Gasteiger partial charge in [0.15, 0.2) is 0 Å². The van der Waals surface area contributed by atoms with Gasteiger partial charge in [-0.25, -0.2) is 9.97 Å². The van der Waals surface area contributed by atoms with E-state index in [1.165, 1.54) is 6.33 Å². The predicted octanol–water partition coefficient (Wildman–Crippen LogP) is 4.51. The van der Waals surface area contributed by atoms with Gasteiger partial charge in [-0.2, -0.15) is 0 Å². The molecule has 3 N–H and O–H groups in total. The highest BCUT2D eigenvalue weighted by Gasteiger charge is 2.19. The first kappa shape index (κ1) is 18.5. The number of fused-ring (bicyclic) bond motifs is 1. The summed E-state index contributed by atoms with van der Waals surface area (Å²) in [6, 6.07) is 16.9. The average Bonchev–Trinajstić information content (AvgIpc) is 3.10. The van der Waals surface area contributed by atoms with Gasteiger partial charge in [-0.15, -0.1) is 0 Å². The molecule has 1 unspecified atom stereocenters. The van der Waals surface area contributed by atoms with Crippen molar-refractivity contribution in [3.05, 3.63) is 67.1 Å². The SMILES string of the molecule is CC(CC(=O)O)n1cc(-c2ccc(Oc3ccccc3)cc2)c2c(N)ncnc21. The quantitative estimate of drug-likeness (QED) is 0.504. The molecule has 7 heteroatoms. The Morgan fingerprint density at radius 1 is 1.10 bits per heavy atom. The van der Waals surface area contributed by atoms with Crippen LogP contribution in [0.15, 0.2) is 67.1 Å². The van der Waals surface area contributed by atoms with Crippen LogP contribution in [0.25, 0.3) is 22.2 Å². The van der Waals surface area contributed by atoms with Crippen LogP contribution in [0.1, 0.15) is 19.4 Å². The lowest BCUT2D eigenvalue weighted by atomic mass is 10.1. The fraction of sp³-hybridized carbons (Fsp3) is 0.136. The topological polar surface area (TPSA) is 103 Å². The van der Waals surface area contributed by atoms with Crippen LogP contribution >= 0.6 is 0 Å². The van der Waals surface area contributed by atoms with Crippen LogP contribution in [0.2, 0.25) is 0 Å². The second kappa shape index (κ2) is 7.63. The molecule has 0 saturated heterocycles. The maximum atomic E-state index is 11.2. The Kier molecular flexibility index (Phi) is 4.87. The normalized spacial score (nSPS) is 12.0. The molecule has 2 heterocycles. The van der Waals surface area contributed by atoms with Crippen molar-refractivity contribution < 1.29 is 14.6 Å². The number of nitrogen functional groups attached to an aromatic ring is 1. The van der Waals surface area contributed by atoms with Gasteiger partial charge in [0.1, 0.15) is 29.3 Å². The number of hydrogen-bond acceptors (Lipinski definition) is 5. The zero-order valence-corrected chi connectivity index (χ0v) is 15.8. The lowest BCUT2D eigenvalue weighted by molar-refractivity contribution is -0.137. The molecule has 146 valence electrons. The number of aliphatic carboxylic acids is 1. The van der Waals surface area contributed by atoms with Crippen molar-refractivity contribution >= 4 is 22.8 Å². The maximum absolute atomic E-state index is 11.2. The Hall–Kier alpha value is -3.87. The van der Waals surface area contributed by atoms with Crippen LogP contribution in [0.3, 0.4) is 0 Å². The monoisotopic (exact) mass is 388 g/mol. The molecule has 4 aromatic rings. The minimum absolute atomic E-state index is 0.0169. The summed E-state index contributed by atoms with van der Waals surface area (Å²) < 4.78 is 7.69. The second-order valence-corrected chi connectivity index (χ2v) is 6.79. The molecule has 7 nitrogen and oxygen atoms in total. The van der Waals surface area contributed by atoms with Crippen molar-refractivity contribution in [3.63, 3.8) is 0 Å². The van der Waals surface area contributed by atoms with E-state index < -0.39 is 5.97 Å². The Balaban J connectivity index is 1.72.